The normalized spacial score (nSPS) is 30.2. The van der Waals surface area contributed by atoms with E-state index < -0.39 is 0 Å². The van der Waals surface area contributed by atoms with Gasteiger partial charge in [0.2, 0.25) is 0 Å². The quantitative estimate of drug-likeness (QED) is 0.893. The van der Waals surface area contributed by atoms with Crippen molar-refractivity contribution in [1.29, 1.82) is 0 Å². The molecule has 114 valence electrons. The average molecular weight is 286 g/mol. The van der Waals surface area contributed by atoms with Crippen LogP contribution in [0.2, 0.25) is 0 Å². The third-order valence-electron chi connectivity index (χ3n) is 5.38. The molecule has 0 aromatic carbocycles. The zero-order valence-electron chi connectivity index (χ0n) is 12.7. The summed E-state index contributed by atoms with van der Waals surface area (Å²) in [4.78, 5) is 9.62. The van der Waals surface area contributed by atoms with Crippen molar-refractivity contribution in [2.45, 2.75) is 37.8 Å². The molecule has 2 atom stereocenters. The van der Waals surface area contributed by atoms with Crippen LogP contribution in [-0.4, -0.2) is 54.7 Å². The molecule has 1 aromatic heterocycles. The highest BCUT2D eigenvalue weighted by Crippen LogP contribution is 2.33. The molecule has 2 unspecified atom stereocenters. The van der Waals surface area contributed by atoms with Gasteiger partial charge in [0.15, 0.2) is 0 Å². The Kier molecular flexibility index (Phi) is 3.82. The molecule has 0 amide bonds. The van der Waals surface area contributed by atoms with Gasteiger partial charge in [0, 0.05) is 44.5 Å². The van der Waals surface area contributed by atoms with Crippen LogP contribution in [0, 0.1) is 5.92 Å². The maximum Gasteiger partial charge on any atom is 0.128 e. The molecule has 0 bridgehead atoms. The SMILES string of the molecule is c1ccc(N2CCN(C3CCC3CNC3CC3)CC2)nc1. The van der Waals surface area contributed by atoms with Gasteiger partial charge in [0.05, 0.1) is 0 Å². The summed E-state index contributed by atoms with van der Waals surface area (Å²) in [6.07, 6.45) is 7.53. The van der Waals surface area contributed by atoms with Crippen LogP contribution in [0.4, 0.5) is 5.82 Å². The van der Waals surface area contributed by atoms with Gasteiger partial charge >= 0.3 is 0 Å². The van der Waals surface area contributed by atoms with Crippen LogP contribution in [0.5, 0.6) is 0 Å². The fourth-order valence-electron chi connectivity index (χ4n) is 3.70. The second-order valence-electron chi connectivity index (χ2n) is 6.80. The predicted molar refractivity (Wildman–Crippen MR) is 85.6 cm³/mol. The van der Waals surface area contributed by atoms with Crippen molar-refractivity contribution in [3.63, 3.8) is 0 Å². The second-order valence-corrected chi connectivity index (χ2v) is 6.80. The number of rotatable bonds is 5. The Balaban J connectivity index is 1.27. The molecule has 4 nitrogen and oxygen atoms in total. The Morgan fingerprint density at radius 1 is 1.05 bits per heavy atom. The van der Waals surface area contributed by atoms with Crippen LogP contribution >= 0.6 is 0 Å². The molecule has 2 aliphatic carbocycles. The number of aromatic nitrogens is 1. The number of hydrogen-bond donors (Lipinski definition) is 1. The van der Waals surface area contributed by atoms with E-state index in [4.69, 9.17) is 0 Å². The lowest BCUT2D eigenvalue weighted by Gasteiger charge is -2.48. The van der Waals surface area contributed by atoms with Crippen molar-refractivity contribution in [2.75, 3.05) is 37.6 Å². The topological polar surface area (TPSA) is 31.4 Å². The first-order valence-electron chi connectivity index (χ1n) is 8.53. The predicted octanol–water partition coefficient (Wildman–Crippen LogP) is 1.73. The van der Waals surface area contributed by atoms with E-state index in [2.05, 4.69) is 32.2 Å². The van der Waals surface area contributed by atoms with E-state index in [0.717, 1.165) is 36.9 Å². The lowest BCUT2D eigenvalue weighted by Crippen LogP contribution is -2.57. The summed E-state index contributed by atoms with van der Waals surface area (Å²) in [6.45, 7) is 5.88. The second kappa shape index (κ2) is 5.93. The van der Waals surface area contributed by atoms with Crippen molar-refractivity contribution >= 4 is 5.82 Å². The molecule has 1 saturated heterocycles. The fraction of sp³-hybridized carbons (Fsp3) is 0.706. The Labute approximate surface area is 127 Å². The maximum absolute atomic E-state index is 4.47. The number of pyridine rings is 1. The van der Waals surface area contributed by atoms with Crippen LogP contribution in [0.15, 0.2) is 24.4 Å². The zero-order valence-corrected chi connectivity index (χ0v) is 12.7. The van der Waals surface area contributed by atoms with Crippen LogP contribution in [0.1, 0.15) is 25.7 Å². The maximum atomic E-state index is 4.47. The highest BCUT2D eigenvalue weighted by Gasteiger charge is 2.37. The van der Waals surface area contributed by atoms with E-state index in [1.807, 2.05) is 12.3 Å². The molecule has 1 aromatic rings. The summed E-state index contributed by atoms with van der Waals surface area (Å²) in [6, 6.07) is 7.89. The van der Waals surface area contributed by atoms with Gasteiger partial charge in [0.25, 0.3) is 0 Å². The standard InChI is InChI=1S/C17H26N4/c1-2-8-18-17(3-1)21-11-9-20(10-12-21)16-7-4-14(16)13-19-15-5-6-15/h1-3,8,14-16,19H,4-7,9-13H2. The van der Waals surface area contributed by atoms with E-state index in [9.17, 15) is 0 Å². The Morgan fingerprint density at radius 3 is 2.52 bits per heavy atom. The monoisotopic (exact) mass is 286 g/mol. The van der Waals surface area contributed by atoms with Crippen LogP contribution in [0.25, 0.3) is 0 Å². The molecule has 3 aliphatic rings. The van der Waals surface area contributed by atoms with Crippen LogP contribution < -0.4 is 10.2 Å². The molecule has 2 heterocycles. The molecular weight excluding hydrogens is 260 g/mol. The molecule has 4 rings (SSSR count). The van der Waals surface area contributed by atoms with Crippen molar-refractivity contribution in [3.05, 3.63) is 24.4 Å². The van der Waals surface area contributed by atoms with Gasteiger partial charge in [-0.15, -0.1) is 0 Å². The van der Waals surface area contributed by atoms with E-state index in [0.29, 0.717) is 0 Å². The lowest BCUT2D eigenvalue weighted by atomic mass is 9.78. The molecule has 1 aliphatic heterocycles. The third kappa shape index (κ3) is 3.06. The van der Waals surface area contributed by atoms with Gasteiger partial charge < -0.3 is 10.2 Å². The minimum Gasteiger partial charge on any atom is -0.354 e. The van der Waals surface area contributed by atoms with Crippen LogP contribution in [0.3, 0.4) is 0 Å². The molecule has 3 fully saturated rings. The molecule has 4 heteroatoms. The van der Waals surface area contributed by atoms with Gasteiger partial charge in [-0.2, -0.15) is 0 Å². The van der Waals surface area contributed by atoms with Crippen molar-refractivity contribution in [2.24, 2.45) is 5.92 Å². The third-order valence-corrected chi connectivity index (χ3v) is 5.38. The summed E-state index contributed by atoms with van der Waals surface area (Å²) in [7, 11) is 0. The summed E-state index contributed by atoms with van der Waals surface area (Å²) in [5.74, 6) is 2.03. The molecule has 21 heavy (non-hydrogen) atoms. The van der Waals surface area contributed by atoms with Crippen molar-refractivity contribution < 1.29 is 0 Å². The Hall–Kier alpha value is -1.13. The van der Waals surface area contributed by atoms with E-state index in [1.54, 1.807) is 0 Å². The van der Waals surface area contributed by atoms with Gasteiger partial charge in [0.1, 0.15) is 5.82 Å². The minimum absolute atomic E-state index is 0.835. The fourth-order valence-corrected chi connectivity index (χ4v) is 3.70. The van der Waals surface area contributed by atoms with E-state index >= 15 is 0 Å². The number of nitrogens with zero attached hydrogens (tertiary/aromatic N) is 3. The van der Waals surface area contributed by atoms with E-state index in [1.165, 1.54) is 45.3 Å². The van der Waals surface area contributed by atoms with Crippen LogP contribution in [-0.2, 0) is 0 Å². The molecule has 1 N–H and O–H groups in total. The van der Waals surface area contributed by atoms with Gasteiger partial charge in [-0.05, 0) is 50.3 Å². The van der Waals surface area contributed by atoms with Gasteiger partial charge in [-0.3, -0.25) is 4.90 Å². The molecular formula is C17H26N4. The number of piperazine rings is 1. The van der Waals surface area contributed by atoms with Gasteiger partial charge in [-0.25, -0.2) is 4.98 Å². The summed E-state index contributed by atoms with van der Waals surface area (Å²) >= 11 is 0. The lowest BCUT2D eigenvalue weighted by molar-refractivity contribution is 0.0569. The number of anilines is 1. The first-order chi connectivity index (χ1) is 10.4. The minimum atomic E-state index is 0.835. The summed E-state index contributed by atoms with van der Waals surface area (Å²) in [5, 5.41) is 3.72. The van der Waals surface area contributed by atoms with Crippen molar-refractivity contribution in [3.8, 4) is 0 Å². The average Bonchev–Trinajstić information content (AvgIpc) is 3.32. The highest BCUT2D eigenvalue weighted by molar-refractivity contribution is 5.38. The largest absolute Gasteiger partial charge is 0.354 e. The smallest absolute Gasteiger partial charge is 0.128 e. The van der Waals surface area contributed by atoms with Gasteiger partial charge in [-0.1, -0.05) is 6.07 Å². The summed E-state index contributed by atoms with van der Waals surface area (Å²) < 4.78 is 0. The summed E-state index contributed by atoms with van der Waals surface area (Å²) in [5.41, 5.74) is 0. The molecule has 2 saturated carbocycles. The zero-order chi connectivity index (χ0) is 14.1. The Bertz CT molecular complexity index is 451. The van der Waals surface area contributed by atoms with Crippen molar-refractivity contribution in [1.82, 2.24) is 15.2 Å². The highest BCUT2D eigenvalue weighted by atomic mass is 15.3. The first-order valence-corrected chi connectivity index (χ1v) is 8.53. The molecule has 0 spiro atoms. The number of nitrogens with one attached hydrogen (secondary N) is 1. The Morgan fingerprint density at radius 2 is 1.90 bits per heavy atom. The number of hydrogen-bond acceptors (Lipinski definition) is 4. The first kappa shape index (κ1) is 13.5. The van der Waals surface area contributed by atoms with E-state index in [-0.39, 0.29) is 0 Å². The molecule has 0 radical (unpaired) electrons.